The van der Waals surface area contributed by atoms with Gasteiger partial charge in [0, 0.05) is 12.3 Å². The highest BCUT2D eigenvalue weighted by atomic mass is 32.2. The molecule has 1 aromatic rings. The van der Waals surface area contributed by atoms with Gasteiger partial charge in [-0.25, -0.2) is 9.78 Å². The van der Waals surface area contributed by atoms with Gasteiger partial charge in [-0.15, -0.1) is 0 Å². The molecule has 1 aromatic heterocycles. The number of carboxylic acids is 1. The molecular formula is C8H7NO3S. The Hall–Kier alpha value is -1.49. The second kappa shape index (κ2) is 4.51. The van der Waals surface area contributed by atoms with E-state index in [2.05, 4.69) is 4.98 Å². The number of nitrogens with zero attached hydrogens (tertiary/aromatic N) is 1. The standard InChI is InChI=1S/C8H7NO3S/c10-6-2-1-4-9-8(6)13-5-3-7(11)12/h1-5,10H,(H,11,12)/b5-3-. The van der Waals surface area contributed by atoms with Crippen molar-refractivity contribution in [2.75, 3.05) is 0 Å². The van der Waals surface area contributed by atoms with Crippen LogP contribution in [0.3, 0.4) is 0 Å². The Morgan fingerprint density at radius 2 is 2.38 bits per heavy atom. The summed E-state index contributed by atoms with van der Waals surface area (Å²) >= 11 is 1.05. The minimum absolute atomic E-state index is 0.0440. The number of carbonyl (C=O) groups is 1. The molecule has 0 saturated carbocycles. The molecule has 68 valence electrons. The number of carboxylic acid groups (broad SMARTS) is 1. The normalized spacial score (nSPS) is 10.5. The molecular weight excluding hydrogens is 190 g/mol. The molecule has 0 bridgehead atoms. The van der Waals surface area contributed by atoms with Crippen molar-refractivity contribution in [3.05, 3.63) is 29.8 Å². The Bertz CT molecular complexity index is 338. The van der Waals surface area contributed by atoms with E-state index in [0.29, 0.717) is 5.03 Å². The van der Waals surface area contributed by atoms with E-state index >= 15 is 0 Å². The van der Waals surface area contributed by atoms with E-state index in [4.69, 9.17) is 5.11 Å². The predicted octanol–water partition coefficient (Wildman–Crippen LogP) is 1.48. The molecule has 5 heteroatoms. The van der Waals surface area contributed by atoms with Crippen LogP contribution in [0.4, 0.5) is 0 Å². The molecule has 0 atom stereocenters. The molecule has 0 unspecified atom stereocenters. The minimum atomic E-state index is -1.03. The predicted molar refractivity (Wildman–Crippen MR) is 48.5 cm³/mol. The highest BCUT2D eigenvalue weighted by Crippen LogP contribution is 2.25. The number of thioether (sulfide) groups is 1. The first-order valence-corrected chi connectivity index (χ1v) is 4.28. The van der Waals surface area contributed by atoms with E-state index < -0.39 is 5.97 Å². The monoisotopic (exact) mass is 197 g/mol. The van der Waals surface area contributed by atoms with Crippen LogP contribution < -0.4 is 0 Å². The lowest BCUT2D eigenvalue weighted by Gasteiger charge is -1.96. The zero-order valence-electron chi connectivity index (χ0n) is 6.54. The number of hydrogen-bond acceptors (Lipinski definition) is 4. The number of rotatable bonds is 3. The van der Waals surface area contributed by atoms with Gasteiger partial charge in [-0.3, -0.25) is 0 Å². The molecule has 1 heterocycles. The lowest BCUT2D eigenvalue weighted by atomic mass is 10.5. The van der Waals surface area contributed by atoms with Crippen molar-refractivity contribution in [3.8, 4) is 5.75 Å². The zero-order valence-corrected chi connectivity index (χ0v) is 7.36. The molecule has 2 N–H and O–H groups in total. The summed E-state index contributed by atoms with van der Waals surface area (Å²) in [5.74, 6) is -0.981. The Labute approximate surface area is 78.9 Å². The molecule has 4 nitrogen and oxygen atoms in total. The van der Waals surface area contributed by atoms with Crippen molar-refractivity contribution >= 4 is 17.7 Å². The maximum atomic E-state index is 10.1. The van der Waals surface area contributed by atoms with Gasteiger partial charge in [0.25, 0.3) is 0 Å². The van der Waals surface area contributed by atoms with Crippen molar-refractivity contribution in [3.63, 3.8) is 0 Å². The first kappa shape index (κ1) is 9.60. The second-order valence-electron chi connectivity index (χ2n) is 2.09. The lowest BCUT2D eigenvalue weighted by Crippen LogP contribution is -1.84. The fourth-order valence-corrected chi connectivity index (χ4v) is 1.25. The summed E-state index contributed by atoms with van der Waals surface area (Å²) in [5, 5.41) is 19.2. The van der Waals surface area contributed by atoms with Crippen LogP contribution in [0.2, 0.25) is 0 Å². The smallest absolute Gasteiger partial charge is 0.328 e. The Morgan fingerprint density at radius 3 is 3.00 bits per heavy atom. The van der Waals surface area contributed by atoms with E-state index in [1.54, 1.807) is 6.07 Å². The summed E-state index contributed by atoms with van der Waals surface area (Å²) in [7, 11) is 0. The van der Waals surface area contributed by atoms with Gasteiger partial charge in [-0.2, -0.15) is 0 Å². The van der Waals surface area contributed by atoms with Crippen molar-refractivity contribution in [1.29, 1.82) is 0 Å². The van der Waals surface area contributed by atoms with Gasteiger partial charge in [0.2, 0.25) is 0 Å². The van der Waals surface area contributed by atoms with Gasteiger partial charge >= 0.3 is 5.97 Å². The number of hydrogen-bond donors (Lipinski definition) is 2. The van der Waals surface area contributed by atoms with Crippen LogP contribution in [-0.4, -0.2) is 21.2 Å². The molecule has 0 aliphatic heterocycles. The SMILES string of the molecule is O=C(O)/C=C\Sc1ncccc1O. The molecule has 0 aromatic carbocycles. The summed E-state index contributed by atoms with van der Waals surface area (Å²) in [6.45, 7) is 0. The number of aromatic nitrogens is 1. The fraction of sp³-hybridized carbons (Fsp3) is 0. The highest BCUT2D eigenvalue weighted by Gasteiger charge is 1.98. The van der Waals surface area contributed by atoms with Crippen LogP contribution in [0.25, 0.3) is 0 Å². The Balaban J connectivity index is 2.64. The molecule has 0 spiro atoms. The number of pyridine rings is 1. The molecule has 0 saturated heterocycles. The number of aliphatic carboxylic acids is 1. The summed E-state index contributed by atoms with van der Waals surface area (Å²) in [4.78, 5) is 13.9. The summed E-state index contributed by atoms with van der Waals surface area (Å²) in [6, 6.07) is 3.09. The second-order valence-corrected chi connectivity index (χ2v) is 2.98. The molecule has 0 fully saturated rings. The average Bonchev–Trinajstić information content (AvgIpc) is 2.08. The van der Waals surface area contributed by atoms with Crippen LogP contribution in [-0.2, 0) is 4.79 Å². The Kier molecular flexibility index (Phi) is 3.33. The average molecular weight is 197 g/mol. The summed E-state index contributed by atoms with van der Waals surface area (Å²) < 4.78 is 0. The molecule has 0 aliphatic carbocycles. The van der Waals surface area contributed by atoms with E-state index in [1.165, 1.54) is 17.7 Å². The highest BCUT2D eigenvalue weighted by molar-refractivity contribution is 8.02. The largest absolute Gasteiger partial charge is 0.505 e. The van der Waals surface area contributed by atoms with Crippen LogP contribution in [0, 0.1) is 0 Å². The molecule has 0 aliphatic rings. The van der Waals surface area contributed by atoms with E-state index in [-0.39, 0.29) is 5.75 Å². The van der Waals surface area contributed by atoms with Gasteiger partial charge in [-0.1, -0.05) is 11.8 Å². The van der Waals surface area contributed by atoms with Crippen LogP contribution >= 0.6 is 11.8 Å². The van der Waals surface area contributed by atoms with Gasteiger partial charge < -0.3 is 10.2 Å². The number of aromatic hydroxyl groups is 1. The van der Waals surface area contributed by atoms with Gasteiger partial charge in [0.05, 0.1) is 0 Å². The lowest BCUT2D eigenvalue weighted by molar-refractivity contribution is -0.131. The molecule has 1 rings (SSSR count). The van der Waals surface area contributed by atoms with E-state index in [9.17, 15) is 9.90 Å². The third-order valence-corrected chi connectivity index (χ3v) is 1.95. The zero-order chi connectivity index (χ0) is 9.68. The van der Waals surface area contributed by atoms with Crippen molar-refractivity contribution in [2.45, 2.75) is 5.03 Å². The summed E-state index contributed by atoms with van der Waals surface area (Å²) in [5.41, 5.74) is 0. The fourth-order valence-electron chi connectivity index (χ4n) is 0.630. The summed E-state index contributed by atoms with van der Waals surface area (Å²) in [6.07, 6.45) is 2.51. The van der Waals surface area contributed by atoms with Gasteiger partial charge in [-0.05, 0) is 17.5 Å². The third-order valence-electron chi connectivity index (χ3n) is 1.14. The first-order valence-electron chi connectivity index (χ1n) is 3.40. The maximum absolute atomic E-state index is 10.1. The van der Waals surface area contributed by atoms with Crippen molar-refractivity contribution < 1.29 is 15.0 Å². The van der Waals surface area contributed by atoms with Crippen molar-refractivity contribution in [1.82, 2.24) is 4.98 Å². The van der Waals surface area contributed by atoms with E-state index in [1.807, 2.05) is 0 Å². The molecule has 0 amide bonds. The topological polar surface area (TPSA) is 70.4 Å². The van der Waals surface area contributed by atoms with Crippen LogP contribution in [0.1, 0.15) is 0 Å². The van der Waals surface area contributed by atoms with Gasteiger partial charge in [0.15, 0.2) is 0 Å². The maximum Gasteiger partial charge on any atom is 0.328 e. The van der Waals surface area contributed by atoms with Gasteiger partial charge in [0.1, 0.15) is 10.8 Å². The van der Waals surface area contributed by atoms with Crippen LogP contribution in [0.5, 0.6) is 5.75 Å². The molecule has 0 radical (unpaired) electrons. The molecule has 13 heavy (non-hydrogen) atoms. The van der Waals surface area contributed by atoms with Crippen molar-refractivity contribution in [2.24, 2.45) is 0 Å². The van der Waals surface area contributed by atoms with Crippen LogP contribution in [0.15, 0.2) is 34.8 Å². The van der Waals surface area contributed by atoms with E-state index in [0.717, 1.165) is 17.8 Å². The quantitative estimate of drug-likeness (QED) is 0.567. The Morgan fingerprint density at radius 1 is 1.62 bits per heavy atom. The first-order chi connectivity index (χ1) is 6.20. The minimum Gasteiger partial charge on any atom is -0.505 e. The third kappa shape index (κ3) is 3.16.